The molecule has 0 saturated heterocycles. The summed E-state index contributed by atoms with van der Waals surface area (Å²) < 4.78 is 12.2. The molecule has 1 atom stereocenters. The van der Waals surface area contributed by atoms with Crippen molar-refractivity contribution in [3.8, 4) is 12.1 Å². The lowest BCUT2D eigenvalue weighted by atomic mass is 10.5. The van der Waals surface area contributed by atoms with Crippen molar-refractivity contribution in [2.24, 2.45) is 0 Å². The van der Waals surface area contributed by atoms with Crippen LogP contribution < -0.4 is 0 Å². The average molecular weight is 269 g/mol. The smallest absolute Gasteiger partial charge is 0.140 e. The van der Waals surface area contributed by atoms with E-state index in [1.165, 1.54) is 0 Å². The maximum absolute atomic E-state index is 12.2. The van der Waals surface area contributed by atoms with Gasteiger partial charge in [-0.25, -0.2) is 0 Å². The Hall–Kier alpha value is -0.250. The SMILES string of the molecule is N#CCCP(=O)(CCC#N)C(O)C(Cl)Cl. The summed E-state index contributed by atoms with van der Waals surface area (Å²) in [7, 11) is -3.05. The van der Waals surface area contributed by atoms with Crippen molar-refractivity contribution in [1.82, 2.24) is 0 Å². The van der Waals surface area contributed by atoms with E-state index in [2.05, 4.69) is 0 Å². The van der Waals surface area contributed by atoms with E-state index in [4.69, 9.17) is 33.7 Å². The largest absolute Gasteiger partial charge is 0.383 e. The van der Waals surface area contributed by atoms with Gasteiger partial charge in [0.1, 0.15) is 17.8 Å². The molecule has 0 aromatic heterocycles. The van der Waals surface area contributed by atoms with Gasteiger partial charge in [0, 0.05) is 25.2 Å². The van der Waals surface area contributed by atoms with Gasteiger partial charge in [-0.3, -0.25) is 0 Å². The molecular formula is C8H11Cl2N2O2P. The fraction of sp³-hybridized carbons (Fsp3) is 0.750. The number of rotatable bonds is 6. The molecule has 84 valence electrons. The zero-order valence-electron chi connectivity index (χ0n) is 7.94. The van der Waals surface area contributed by atoms with E-state index in [-0.39, 0.29) is 25.2 Å². The summed E-state index contributed by atoms with van der Waals surface area (Å²) in [6.07, 6.45) is 0.200. The number of hydrogen-bond donors (Lipinski definition) is 1. The second kappa shape index (κ2) is 7.09. The Morgan fingerprint density at radius 1 is 1.20 bits per heavy atom. The molecule has 0 aliphatic heterocycles. The van der Waals surface area contributed by atoms with Crippen LogP contribution in [0.4, 0.5) is 0 Å². The molecule has 0 rings (SSSR count). The molecule has 15 heavy (non-hydrogen) atoms. The van der Waals surface area contributed by atoms with Crippen molar-refractivity contribution in [2.75, 3.05) is 12.3 Å². The first-order chi connectivity index (χ1) is 6.98. The van der Waals surface area contributed by atoms with Gasteiger partial charge in [-0.1, -0.05) is 0 Å². The number of halogens is 2. The molecule has 7 heteroatoms. The van der Waals surface area contributed by atoms with Gasteiger partial charge >= 0.3 is 0 Å². The predicted octanol–water partition coefficient (Wildman–Crippen LogP) is 2.30. The predicted molar refractivity (Wildman–Crippen MR) is 59.3 cm³/mol. The van der Waals surface area contributed by atoms with Crippen LogP contribution in [-0.4, -0.2) is 28.1 Å². The van der Waals surface area contributed by atoms with Gasteiger partial charge in [0.2, 0.25) is 0 Å². The van der Waals surface area contributed by atoms with Crippen LogP contribution in [0.15, 0.2) is 0 Å². The fourth-order valence-corrected chi connectivity index (χ4v) is 4.41. The lowest BCUT2D eigenvalue weighted by Gasteiger charge is -2.22. The van der Waals surface area contributed by atoms with Crippen molar-refractivity contribution in [1.29, 1.82) is 10.5 Å². The Morgan fingerprint density at radius 2 is 1.60 bits per heavy atom. The van der Waals surface area contributed by atoms with E-state index < -0.39 is 17.8 Å². The Labute approximate surface area is 98.8 Å². The topological polar surface area (TPSA) is 84.9 Å². The standard InChI is InChI=1S/C8H11Cl2N2O2P/c9-7(10)8(13)15(14,5-1-3-11)6-2-4-12/h7-8,13H,1-2,5-6H2. The van der Waals surface area contributed by atoms with Crippen LogP contribution in [-0.2, 0) is 4.57 Å². The van der Waals surface area contributed by atoms with E-state index >= 15 is 0 Å². The van der Waals surface area contributed by atoms with E-state index in [1.54, 1.807) is 0 Å². The highest BCUT2D eigenvalue weighted by Crippen LogP contribution is 2.53. The number of nitriles is 2. The first kappa shape index (κ1) is 14.8. The zero-order valence-corrected chi connectivity index (χ0v) is 10.3. The summed E-state index contributed by atoms with van der Waals surface area (Å²) in [6, 6.07) is 3.68. The molecule has 0 radical (unpaired) electrons. The molecule has 0 fully saturated rings. The summed E-state index contributed by atoms with van der Waals surface area (Å²) in [5.41, 5.74) is 0. The molecule has 0 aromatic rings. The van der Waals surface area contributed by atoms with Crippen molar-refractivity contribution >= 4 is 30.3 Å². The van der Waals surface area contributed by atoms with E-state index in [9.17, 15) is 9.67 Å². The van der Waals surface area contributed by atoms with Crippen LogP contribution in [0.1, 0.15) is 12.8 Å². The van der Waals surface area contributed by atoms with Gasteiger partial charge in [-0.05, 0) is 0 Å². The van der Waals surface area contributed by atoms with Gasteiger partial charge in [-0.2, -0.15) is 10.5 Å². The molecule has 0 amide bonds. The number of alkyl halides is 2. The van der Waals surface area contributed by atoms with Gasteiger partial charge in [0.25, 0.3) is 0 Å². The fourth-order valence-electron chi connectivity index (χ4n) is 1.06. The molecule has 0 bridgehead atoms. The Balaban J connectivity index is 4.63. The number of aliphatic hydroxyl groups excluding tert-OH is 1. The molecule has 0 spiro atoms. The Bertz CT molecular complexity index is 300. The zero-order chi connectivity index (χ0) is 11.9. The molecule has 0 aromatic carbocycles. The Kier molecular flexibility index (Phi) is 6.98. The summed E-state index contributed by atoms with van der Waals surface area (Å²) in [5.74, 6) is -1.36. The summed E-state index contributed by atoms with van der Waals surface area (Å²) in [5, 5.41) is 26.3. The van der Waals surface area contributed by atoms with Crippen LogP contribution in [0.2, 0.25) is 0 Å². The molecule has 0 heterocycles. The van der Waals surface area contributed by atoms with Crippen LogP contribution in [0.5, 0.6) is 0 Å². The second-order valence-corrected chi connectivity index (χ2v) is 7.46. The third kappa shape index (κ3) is 4.87. The first-order valence-electron chi connectivity index (χ1n) is 4.26. The Morgan fingerprint density at radius 3 is 1.87 bits per heavy atom. The minimum Gasteiger partial charge on any atom is -0.383 e. The highest BCUT2D eigenvalue weighted by atomic mass is 35.5. The molecule has 0 aliphatic rings. The lowest BCUT2D eigenvalue weighted by Crippen LogP contribution is -2.19. The van der Waals surface area contributed by atoms with Gasteiger partial charge in [-0.15, -0.1) is 23.2 Å². The maximum atomic E-state index is 12.2. The van der Waals surface area contributed by atoms with Gasteiger partial charge in [0.15, 0.2) is 0 Å². The summed E-state index contributed by atoms with van der Waals surface area (Å²) in [6.45, 7) is 0. The van der Waals surface area contributed by atoms with Crippen molar-refractivity contribution < 1.29 is 9.67 Å². The van der Waals surface area contributed by atoms with Crippen LogP contribution in [0.25, 0.3) is 0 Å². The molecule has 1 N–H and O–H groups in total. The van der Waals surface area contributed by atoms with Crippen LogP contribution in [0.3, 0.4) is 0 Å². The average Bonchev–Trinajstić information content (AvgIpc) is 2.22. The third-order valence-corrected chi connectivity index (χ3v) is 5.96. The second-order valence-electron chi connectivity index (χ2n) is 2.96. The van der Waals surface area contributed by atoms with Crippen molar-refractivity contribution in [2.45, 2.75) is 23.5 Å². The van der Waals surface area contributed by atoms with Crippen molar-refractivity contribution in [3.05, 3.63) is 0 Å². The van der Waals surface area contributed by atoms with Crippen LogP contribution >= 0.6 is 30.3 Å². The number of nitrogens with zero attached hydrogens (tertiary/aromatic N) is 2. The van der Waals surface area contributed by atoms with Gasteiger partial charge in [0.05, 0.1) is 12.1 Å². The molecule has 4 nitrogen and oxygen atoms in total. The van der Waals surface area contributed by atoms with E-state index in [1.807, 2.05) is 12.1 Å². The van der Waals surface area contributed by atoms with E-state index in [0.29, 0.717) is 0 Å². The van der Waals surface area contributed by atoms with Crippen LogP contribution in [0, 0.1) is 22.7 Å². The number of aliphatic hydroxyl groups is 1. The summed E-state index contributed by atoms with van der Waals surface area (Å²) >= 11 is 10.9. The summed E-state index contributed by atoms with van der Waals surface area (Å²) in [4.78, 5) is -1.16. The molecule has 1 unspecified atom stereocenters. The minimum absolute atomic E-state index is 0.0439. The first-order valence-corrected chi connectivity index (χ1v) is 7.27. The highest BCUT2D eigenvalue weighted by Gasteiger charge is 2.34. The number of hydrogen-bond acceptors (Lipinski definition) is 4. The van der Waals surface area contributed by atoms with E-state index in [0.717, 1.165) is 0 Å². The quantitative estimate of drug-likeness (QED) is 0.592. The molecule has 0 aliphatic carbocycles. The third-order valence-electron chi connectivity index (χ3n) is 1.91. The molecular weight excluding hydrogens is 258 g/mol. The highest BCUT2D eigenvalue weighted by molar-refractivity contribution is 7.64. The van der Waals surface area contributed by atoms with Gasteiger partial charge < -0.3 is 9.67 Å². The normalized spacial score (nSPS) is 13.2. The minimum atomic E-state index is -3.05. The molecule has 0 saturated carbocycles. The maximum Gasteiger partial charge on any atom is 0.140 e. The lowest BCUT2D eigenvalue weighted by molar-refractivity contribution is 0.260. The van der Waals surface area contributed by atoms with Crippen molar-refractivity contribution in [3.63, 3.8) is 0 Å². The monoisotopic (exact) mass is 268 g/mol.